The molecule has 0 aromatic heterocycles. The average molecular weight is 280 g/mol. The Morgan fingerprint density at radius 2 is 1.65 bits per heavy atom. The van der Waals surface area contributed by atoms with Crippen molar-refractivity contribution >= 4 is 12.0 Å². The number of carbonyl (C=O) groups is 2. The Morgan fingerprint density at radius 3 is 2.20 bits per heavy atom. The number of carboxylic acids is 1. The second-order valence-corrected chi connectivity index (χ2v) is 6.72. The monoisotopic (exact) mass is 280 g/mol. The molecule has 20 heavy (non-hydrogen) atoms. The fourth-order valence-electron chi connectivity index (χ4n) is 3.45. The first kappa shape index (κ1) is 13.7. The standard InChI is InChI=1S/C15H24N2O3/c18-14(19)11-2-1-3-12(8-11)16-15(20)17-13(9-4-5-9)10-6-7-10/h9-13H,1-8H2,(H,18,19)(H2,16,17,20). The fourth-order valence-corrected chi connectivity index (χ4v) is 3.45. The Kier molecular flexibility index (Phi) is 3.85. The molecule has 3 fully saturated rings. The molecule has 2 unspecified atom stereocenters. The molecule has 3 saturated carbocycles. The van der Waals surface area contributed by atoms with Crippen molar-refractivity contribution in [2.45, 2.75) is 63.5 Å². The van der Waals surface area contributed by atoms with Crippen molar-refractivity contribution in [2.24, 2.45) is 17.8 Å². The number of rotatable bonds is 5. The highest BCUT2D eigenvalue weighted by molar-refractivity contribution is 5.75. The predicted molar refractivity (Wildman–Crippen MR) is 74.3 cm³/mol. The van der Waals surface area contributed by atoms with E-state index in [-0.39, 0.29) is 18.0 Å². The van der Waals surface area contributed by atoms with Crippen LogP contribution in [-0.4, -0.2) is 29.2 Å². The first-order valence-corrected chi connectivity index (χ1v) is 7.93. The molecule has 2 amide bonds. The SMILES string of the molecule is O=C(NC1CCCC(C(=O)O)C1)NC(C1CC1)C1CC1. The lowest BCUT2D eigenvalue weighted by atomic mass is 9.86. The molecule has 2 atom stereocenters. The van der Waals surface area contributed by atoms with Gasteiger partial charge in [-0.2, -0.15) is 0 Å². The molecule has 3 rings (SSSR count). The van der Waals surface area contributed by atoms with Crippen LogP contribution in [0.4, 0.5) is 4.79 Å². The lowest BCUT2D eigenvalue weighted by Crippen LogP contribution is -2.49. The van der Waals surface area contributed by atoms with E-state index in [0.717, 1.165) is 19.3 Å². The van der Waals surface area contributed by atoms with Gasteiger partial charge in [-0.1, -0.05) is 6.42 Å². The number of carbonyl (C=O) groups excluding carboxylic acids is 1. The molecule has 0 radical (unpaired) electrons. The van der Waals surface area contributed by atoms with Crippen LogP contribution in [0.3, 0.4) is 0 Å². The third-order valence-corrected chi connectivity index (χ3v) is 4.92. The maximum absolute atomic E-state index is 12.1. The molecule has 0 spiro atoms. The molecule has 0 saturated heterocycles. The van der Waals surface area contributed by atoms with Crippen molar-refractivity contribution < 1.29 is 14.7 Å². The zero-order chi connectivity index (χ0) is 14.1. The van der Waals surface area contributed by atoms with E-state index in [4.69, 9.17) is 5.11 Å². The van der Waals surface area contributed by atoms with Gasteiger partial charge in [0.05, 0.1) is 5.92 Å². The molecule has 5 heteroatoms. The van der Waals surface area contributed by atoms with E-state index in [2.05, 4.69) is 10.6 Å². The van der Waals surface area contributed by atoms with Gasteiger partial charge in [0.15, 0.2) is 0 Å². The van der Waals surface area contributed by atoms with Gasteiger partial charge in [0.1, 0.15) is 0 Å². The highest BCUT2D eigenvalue weighted by Gasteiger charge is 2.42. The zero-order valence-corrected chi connectivity index (χ0v) is 11.8. The van der Waals surface area contributed by atoms with Gasteiger partial charge in [-0.3, -0.25) is 4.79 Å². The smallest absolute Gasteiger partial charge is 0.315 e. The molecule has 0 aliphatic heterocycles. The van der Waals surface area contributed by atoms with Gasteiger partial charge >= 0.3 is 12.0 Å². The molecule has 0 aromatic carbocycles. The van der Waals surface area contributed by atoms with Gasteiger partial charge in [0, 0.05) is 12.1 Å². The van der Waals surface area contributed by atoms with Gasteiger partial charge in [-0.15, -0.1) is 0 Å². The third-order valence-electron chi connectivity index (χ3n) is 4.92. The normalized spacial score (nSPS) is 30.1. The lowest BCUT2D eigenvalue weighted by molar-refractivity contribution is -0.143. The molecule has 0 aromatic rings. The van der Waals surface area contributed by atoms with Crippen molar-refractivity contribution in [1.29, 1.82) is 0 Å². The summed E-state index contributed by atoms with van der Waals surface area (Å²) < 4.78 is 0. The Morgan fingerprint density at radius 1 is 1.00 bits per heavy atom. The van der Waals surface area contributed by atoms with Crippen LogP contribution in [0, 0.1) is 17.8 Å². The van der Waals surface area contributed by atoms with E-state index in [9.17, 15) is 9.59 Å². The number of hydrogen-bond acceptors (Lipinski definition) is 2. The first-order valence-electron chi connectivity index (χ1n) is 7.93. The van der Waals surface area contributed by atoms with Crippen LogP contribution < -0.4 is 10.6 Å². The quantitative estimate of drug-likeness (QED) is 0.721. The van der Waals surface area contributed by atoms with E-state index in [1.165, 1.54) is 25.7 Å². The van der Waals surface area contributed by atoms with Crippen molar-refractivity contribution in [3.63, 3.8) is 0 Å². The van der Waals surface area contributed by atoms with Crippen molar-refractivity contribution in [1.82, 2.24) is 10.6 Å². The summed E-state index contributed by atoms with van der Waals surface area (Å²) in [5, 5.41) is 15.2. The van der Waals surface area contributed by atoms with Crippen molar-refractivity contribution in [3.05, 3.63) is 0 Å². The second-order valence-electron chi connectivity index (χ2n) is 6.72. The number of hydrogen-bond donors (Lipinski definition) is 3. The molecule has 5 nitrogen and oxygen atoms in total. The average Bonchev–Trinajstić information content (AvgIpc) is 3.28. The number of aliphatic carboxylic acids is 1. The van der Waals surface area contributed by atoms with Gasteiger partial charge in [-0.05, 0) is 56.8 Å². The molecular weight excluding hydrogens is 256 g/mol. The summed E-state index contributed by atoms with van der Waals surface area (Å²) in [4.78, 5) is 23.1. The lowest BCUT2D eigenvalue weighted by Gasteiger charge is -2.28. The summed E-state index contributed by atoms with van der Waals surface area (Å²) in [6.45, 7) is 0. The number of urea groups is 1. The molecule has 0 bridgehead atoms. The summed E-state index contributed by atoms with van der Waals surface area (Å²) in [6.07, 6.45) is 8.06. The zero-order valence-electron chi connectivity index (χ0n) is 11.8. The summed E-state index contributed by atoms with van der Waals surface area (Å²) >= 11 is 0. The van der Waals surface area contributed by atoms with Crippen LogP contribution in [0.1, 0.15) is 51.4 Å². The van der Waals surface area contributed by atoms with Crippen molar-refractivity contribution in [2.75, 3.05) is 0 Å². The van der Waals surface area contributed by atoms with Crippen LogP contribution in [0.2, 0.25) is 0 Å². The number of carboxylic acid groups (broad SMARTS) is 1. The topological polar surface area (TPSA) is 78.4 Å². The van der Waals surface area contributed by atoms with Gasteiger partial charge in [-0.25, -0.2) is 4.79 Å². The minimum Gasteiger partial charge on any atom is -0.481 e. The van der Waals surface area contributed by atoms with Gasteiger partial charge in [0.25, 0.3) is 0 Å². The van der Waals surface area contributed by atoms with Gasteiger partial charge in [0.2, 0.25) is 0 Å². The molecule has 112 valence electrons. The molecule has 3 N–H and O–H groups in total. The molecule has 3 aliphatic carbocycles. The highest BCUT2D eigenvalue weighted by atomic mass is 16.4. The Hall–Kier alpha value is -1.26. The van der Waals surface area contributed by atoms with Gasteiger partial charge < -0.3 is 15.7 Å². The van der Waals surface area contributed by atoms with E-state index in [0.29, 0.717) is 24.3 Å². The molecule has 0 heterocycles. The highest BCUT2D eigenvalue weighted by Crippen LogP contribution is 2.44. The van der Waals surface area contributed by atoms with Crippen molar-refractivity contribution in [3.8, 4) is 0 Å². The molecule has 3 aliphatic rings. The predicted octanol–water partition coefficient (Wildman–Crippen LogP) is 2.12. The van der Waals surface area contributed by atoms with Crippen LogP contribution in [0.25, 0.3) is 0 Å². The van der Waals surface area contributed by atoms with E-state index < -0.39 is 5.97 Å². The second kappa shape index (κ2) is 5.62. The summed E-state index contributed by atoms with van der Waals surface area (Å²) in [6, 6.07) is 0.280. The largest absolute Gasteiger partial charge is 0.481 e. The molecular formula is C15H24N2O3. The maximum Gasteiger partial charge on any atom is 0.315 e. The van der Waals surface area contributed by atoms with E-state index in [1.54, 1.807) is 0 Å². The minimum absolute atomic E-state index is 0.0175. The number of nitrogens with one attached hydrogen (secondary N) is 2. The summed E-state index contributed by atoms with van der Waals surface area (Å²) in [7, 11) is 0. The fraction of sp³-hybridized carbons (Fsp3) is 0.867. The summed E-state index contributed by atoms with van der Waals surface area (Å²) in [5.74, 6) is 0.347. The minimum atomic E-state index is -0.731. The Bertz CT molecular complexity index is 379. The number of amides is 2. The van der Waals surface area contributed by atoms with Crippen LogP contribution in [-0.2, 0) is 4.79 Å². The Balaban J connectivity index is 1.46. The Labute approximate surface area is 119 Å². The van der Waals surface area contributed by atoms with Crippen LogP contribution >= 0.6 is 0 Å². The van der Waals surface area contributed by atoms with Crippen LogP contribution in [0.15, 0.2) is 0 Å². The maximum atomic E-state index is 12.1. The third kappa shape index (κ3) is 3.44. The van der Waals surface area contributed by atoms with Crippen LogP contribution in [0.5, 0.6) is 0 Å². The summed E-state index contributed by atoms with van der Waals surface area (Å²) in [5.41, 5.74) is 0. The van der Waals surface area contributed by atoms with E-state index >= 15 is 0 Å². The first-order chi connectivity index (χ1) is 9.63. The van der Waals surface area contributed by atoms with E-state index in [1.807, 2.05) is 0 Å².